The fourth-order valence-corrected chi connectivity index (χ4v) is 2.11. The second-order valence-electron chi connectivity index (χ2n) is 4.69. The molecule has 1 aliphatic rings. The number of hydrogen-bond acceptors (Lipinski definition) is 4. The maximum atomic E-state index is 10.8. The van der Waals surface area contributed by atoms with E-state index in [1.165, 1.54) is 6.20 Å². The van der Waals surface area contributed by atoms with Crippen LogP contribution in [0.4, 0.5) is 5.69 Å². The van der Waals surface area contributed by atoms with Crippen LogP contribution in [0.3, 0.4) is 0 Å². The average Bonchev–Trinajstić information content (AvgIpc) is 2.76. The molecule has 6 heteroatoms. The Hall–Kier alpha value is -1.43. The van der Waals surface area contributed by atoms with Gasteiger partial charge in [-0.2, -0.15) is 5.10 Å². The second kappa shape index (κ2) is 2.79. The van der Waals surface area contributed by atoms with Gasteiger partial charge in [-0.05, 0) is 26.7 Å². The van der Waals surface area contributed by atoms with Gasteiger partial charge in [-0.1, -0.05) is 0 Å². The number of nitrogens with two attached hydrogens (primary N) is 1. The quantitative estimate of drug-likeness (QED) is 0.576. The first kappa shape index (κ1) is 10.1. The summed E-state index contributed by atoms with van der Waals surface area (Å²) in [5, 5.41) is 17.3. The smallest absolute Gasteiger partial charge is 0.310 e. The van der Waals surface area contributed by atoms with Crippen molar-refractivity contribution in [3.05, 3.63) is 22.0 Å². The molecule has 0 aromatic carbocycles. The topological polar surface area (TPSA) is 97.8 Å². The number of aromatic amines is 1. The standard InChI is InChI=1S/C9H14N4O2/c1-8(2,10)9(3-4-9)7-6(13(14)15)5-11-12-7/h5H,3-4,10H2,1-2H3,(H,11,12). The van der Waals surface area contributed by atoms with Gasteiger partial charge in [-0.25, -0.2) is 0 Å². The second-order valence-corrected chi connectivity index (χ2v) is 4.69. The molecule has 0 saturated heterocycles. The Morgan fingerprint density at radius 3 is 2.67 bits per heavy atom. The summed E-state index contributed by atoms with van der Waals surface area (Å²) in [6, 6.07) is 0. The molecule has 1 saturated carbocycles. The van der Waals surface area contributed by atoms with Gasteiger partial charge < -0.3 is 5.73 Å². The molecule has 1 heterocycles. The van der Waals surface area contributed by atoms with E-state index in [9.17, 15) is 10.1 Å². The molecule has 1 fully saturated rings. The van der Waals surface area contributed by atoms with E-state index in [1.807, 2.05) is 13.8 Å². The first-order valence-electron chi connectivity index (χ1n) is 4.86. The summed E-state index contributed by atoms with van der Waals surface area (Å²) in [4.78, 5) is 10.4. The predicted octanol–water partition coefficient (Wildman–Crippen LogP) is 1.09. The minimum Gasteiger partial charge on any atom is -0.325 e. The van der Waals surface area contributed by atoms with Crippen LogP contribution in [0, 0.1) is 10.1 Å². The van der Waals surface area contributed by atoms with E-state index in [0.29, 0.717) is 5.69 Å². The number of rotatable bonds is 3. The Balaban J connectivity index is 2.47. The van der Waals surface area contributed by atoms with Gasteiger partial charge in [-0.3, -0.25) is 15.2 Å². The van der Waals surface area contributed by atoms with Crippen LogP contribution in [0.2, 0.25) is 0 Å². The molecule has 15 heavy (non-hydrogen) atoms. The van der Waals surface area contributed by atoms with Gasteiger partial charge in [0.25, 0.3) is 0 Å². The lowest BCUT2D eigenvalue weighted by Gasteiger charge is -2.29. The van der Waals surface area contributed by atoms with E-state index in [1.54, 1.807) is 0 Å². The van der Waals surface area contributed by atoms with Gasteiger partial charge in [0.15, 0.2) is 0 Å². The molecule has 0 atom stereocenters. The molecule has 1 aromatic rings. The first-order chi connectivity index (χ1) is 6.88. The summed E-state index contributed by atoms with van der Waals surface area (Å²) in [5.41, 5.74) is 5.91. The van der Waals surface area contributed by atoms with Crippen LogP contribution in [-0.4, -0.2) is 20.7 Å². The third-order valence-corrected chi connectivity index (χ3v) is 3.28. The number of aromatic nitrogens is 2. The van der Waals surface area contributed by atoms with Crippen molar-refractivity contribution >= 4 is 5.69 Å². The molecular formula is C9H14N4O2. The third kappa shape index (κ3) is 1.32. The summed E-state index contributed by atoms with van der Waals surface area (Å²) in [7, 11) is 0. The molecule has 0 bridgehead atoms. The minimum atomic E-state index is -0.468. The zero-order valence-electron chi connectivity index (χ0n) is 8.78. The lowest BCUT2D eigenvalue weighted by molar-refractivity contribution is -0.386. The normalized spacial score (nSPS) is 18.9. The molecule has 3 N–H and O–H groups in total. The summed E-state index contributed by atoms with van der Waals surface area (Å²) >= 11 is 0. The summed E-state index contributed by atoms with van der Waals surface area (Å²) < 4.78 is 0. The number of nitrogens with one attached hydrogen (secondary N) is 1. The number of H-pyrrole nitrogens is 1. The van der Waals surface area contributed by atoms with Crippen molar-refractivity contribution in [2.45, 2.75) is 37.6 Å². The highest BCUT2D eigenvalue weighted by Crippen LogP contribution is 2.56. The number of nitro groups is 1. The summed E-state index contributed by atoms with van der Waals surface area (Å²) in [6.45, 7) is 3.79. The maximum absolute atomic E-state index is 10.8. The van der Waals surface area contributed by atoms with Crippen LogP contribution in [0.5, 0.6) is 0 Å². The Morgan fingerprint density at radius 2 is 2.27 bits per heavy atom. The van der Waals surface area contributed by atoms with E-state index < -0.39 is 10.5 Å². The molecule has 2 rings (SSSR count). The van der Waals surface area contributed by atoms with E-state index in [0.717, 1.165) is 12.8 Å². The minimum absolute atomic E-state index is 0.0472. The van der Waals surface area contributed by atoms with Crippen molar-refractivity contribution in [1.29, 1.82) is 0 Å². The molecule has 1 aromatic heterocycles. The fraction of sp³-hybridized carbons (Fsp3) is 0.667. The molecule has 0 amide bonds. The predicted molar refractivity (Wildman–Crippen MR) is 54.4 cm³/mol. The highest BCUT2D eigenvalue weighted by molar-refractivity contribution is 5.44. The lowest BCUT2D eigenvalue weighted by Crippen LogP contribution is -2.45. The molecule has 6 nitrogen and oxygen atoms in total. The Morgan fingerprint density at radius 1 is 1.67 bits per heavy atom. The average molecular weight is 210 g/mol. The van der Waals surface area contributed by atoms with Gasteiger partial charge in [0, 0.05) is 11.0 Å². The molecule has 0 aliphatic heterocycles. The molecule has 0 spiro atoms. The van der Waals surface area contributed by atoms with Crippen molar-refractivity contribution < 1.29 is 4.92 Å². The van der Waals surface area contributed by atoms with E-state index >= 15 is 0 Å². The monoisotopic (exact) mass is 210 g/mol. The third-order valence-electron chi connectivity index (χ3n) is 3.28. The van der Waals surface area contributed by atoms with Crippen LogP contribution >= 0.6 is 0 Å². The van der Waals surface area contributed by atoms with Gasteiger partial charge in [0.2, 0.25) is 0 Å². The Labute approximate surface area is 87.0 Å². The van der Waals surface area contributed by atoms with Crippen molar-refractivity contribution in [1.82, 2.24) is 10.2 Å². The van der Waals surface area contributed by atoms with Crippen molar-refractivity contribution in [2.24, 2.45) is 5.73 Å². The molecular weight excluding hydrogens is 196 g/mol. The fourth-order valence-electron chi connectivity index (χ4n) is 2.11. The van der Waals surface area contributed by atoms with Gasteiger partial charge in [0.05, 0.1) is 4.92 Å². The van der Waals surface area contributed by atoms with Crippen molar-refractivity contribution in [2.75, 3.05) is 0 Å². The highest BCUT2D eigenvalue weighted by Gasteiger charge is 2.57. The lowest BCUT2D eigenvalue weighted by atomic mass is 9.82. The van der Waals surface area contributed by atoms with E-state index in [2.05, 4.69) is 10.2 Å². The molecule has 82 valence electrons. The largest absolute Gasteiger partial charge is 0.325 e. The zero-order valence-corrected chi connectivity index (χ0v) is 8.78. The number of nitrogens with zero attached hydrogens (tertiary/aromatic N) is 2. The Kier molecular flexibility index (Phi) is 1.88. The molecule has 0 unspecified atom stereocenters. The zero-order chi connectivity index (χ0) is 11.3. The maximum Gasteiger partial charge on any atom is 0.310 e. The van der Waals surface area contributed by atoms with Crippen LogP contribution < -0.4 is 5.73 Å². The van der Waals surface area contributed by atoms with Gasteiger partial charge in [-0.15, -0.1) is 0 Å². The highest BCUT2D eigenvalue weighted by atomic mass is 16.6. The van der Waals surface area contributed by atoms with Crippen LogP contribution in [-0.2, 0) is 5.41 Å². The summed E-state index contributed by atoms with van der Waals surface area (Å²) in [5.74, 6) is 0. The summed E-state index contributed by atoms with van der Waals surface area (Å²) in [6.07, 6.45) is 3.00. The number of hydrogen-bond donors (Lipinski definition) is 2. The van der Waals surface area contributed by atoms with Crippen LogP contribution in [0.15, 0.2) is 6.20 Å². The first-order valence-corrected chi connectivity index (χ1v) is 4.86. The van der Waals surface area contributed by atoms with E-state index in [-0.39, 0.29) is 11.1 Å². The van der Waals surface area contributed by atoms with Gasteiger partial charge in [0.1, 0.15) is 11.9 Å². The van der Waals surface area contributed by atoms with Crippen molar-refractivity contribution in [3.8, 4) is 0 Å². The van der Waals surface area contributed by atoms with E-state index in [4.69, 9.17) is 5.73 Å². The van der Waals surface area contributed by atoms with Crippen molar-refractivity contribution in [3.63, 3.8) is 0 Å². The van der Waals surface area contributed by atoms with Crippen LogP contribution in [0.1, 0.15) is 32.4 Å². The SMILES string of the molecule is CC(C)(N)C1(c2[nH]ncc2[N+](=O)[O-])CC1. The molecule has 1 aliphatic carbocycles. The van der Waals surface area contributed by atoms with Gasteiger partial charge >= 0.3 is 5.69 Å². The van der Waals surface area contributed by atoms with Crippen LogP contribution in [0.25, 0.3) is 0 Å². The molecule has 0 radical (unpaired) electrons. The Bertz CT molecular complexity index is 400.